The molecular weight excluding hydrogens is 234 g/mol. The van der Waals surface area contributed by atoms with E-state index in [1.54, 1.807) is 0 Å². The first kappa shape index (κ1) is 11.4. The second kappa shape index (κ2) is 3.67. The summed E-state index contributed by atoms with van der Waals surface area (Å²) in [5.41, 5.74) is 0. The number of esters is 1. The number of fused-ring (bicyclic) bond motifs is 5. The zero-order valence-corrected chi connectivity index (χ0v) is 10.3. The Kier molecular flexibility index (Phi) is 2.33. The monoisotopic (exact) mass is 249 g/mol. The molecule has 0 aromatic rings. The molecule has 0 spiro atoms. The van der Waals surface area contributed by atoms with Crippen LogP contribution in [0.2, 0.25) is 0 Å². The van der Waals surface area contributed by atoms with Gasteiger partial charge in [0.15, 0.2) is 6.23 Å². The van der Waals surface area contributed by atoms with E-state index in [4.69, 9.17) is 4.74 Å². The number of ether oxygens (including phenoxy) is 1. The molecule has 5 heteroatoms. The number of hydrogen-bond donors (Lipinski definition) is 0. The first-order chi connectivity index (χ1) is 8.50. The number of hydrogen-bond acceptors (Lipinski definition) is 4. The highest BCUT2D eigenvalue weighted by atomic mass is 16.6. The van der Waals surface area contributed by atoms with Gasteiger partial charge in [0, 0.05) is 19.8 Å². The third kappa shape index (κ3) is 1.36. The van der Waals surface area contributed by atoms with Crippen LogP contribution in [0.5, 0.6) is 0 Å². The van der Waals surface area contributed by atoms with Crippen LogP contribution in [0.3, 0.4) is 0 Å². The van der Waals surface area contributed by atoms with Gasteiger partial charge in [0.25, 0.3) is 0 Å². The van der Waals surface area contributed by atoms with E-state index in [1.807, 2.05) is 0 Å². The van der Waals surface area contributed by atoms with E-state index >= 15 is 0 Å². The molecule has 5 nitrogen and oxygen atoms in total. The number of carbonyl (C=O) groups excluding carboxylic acids is 3. The van der Waals surface area contributed by atoms with Gasteiger partial charge in [-0.3, -0.25) is 14.4 Å². The molecule has 2 amide bonds. The van der Waals surface area contributed by atoms with Crippen molar-refractivity contribution in [3.63, 3.8) is 0 Å². The lowest BCUT2D eigenvalue weighted by atomic mass is 9.85. The topological polar surface area (TPSA) is 63.7 Å². The van der Waals surface area contributed by atoms with Gasteiger partial charge in [0.2, 0.25) is 11.8 Å². The molecule has 3 rings (SSSR count). The van der Waals surface area contributed by atoms with Crippen LogP contribution >= 0.6 is 0 Å². The molecule has 1 aliphatic heterocycles. The predicted octanol–water partition coefficient (Wildman–Crippen LogP) is 0.703. The molecule has 1 heterocycles. The Labute approximate surface area is 105 Å². The van der Waals surface area contributed by atoms with E-state index in [1.165, 1.54) is 13.8 Å². The number of likely N-dealkylation sites (tertiary alicyclic amines) is 1. The zero-order valence-electron chi connectivity index (χ0n) is 10.3. The van der Waals surface area contributed by atoms with Crippen LogP contribution in [0, 0.1) is 23.7 Å². The number of allylic oxidation sites excluding steroid dienone is 2. The Morgan fingerprint density at radius 3 is 2.56 bits per heavy atom. The largest absolute Gasteiger partial charge is 0.441 e. The molecule has 3 aliphatic rings. The van der Waals surface area contributed by atoms with Crippen LogP contribution in [0.1, 0.15) is 20.3 Å². The highest BCUT2D eigenvalue weighted by Crippen LogP contribution is 2.54. The molecular formula is C13H15NO4. The van der Waals surface area contributed by atoms with Gasteiger partial charge in [-0.1, -0.05) is 12.2 Å². The Hall–Kier alpha value is -1.65. The maximum atomic E-state index is 12.3. The summed E-state index contributed by atoms with van der Waals surface area (Å²) < 4.78 is 5.23. The van der Waals surface area contributed by atoms with Gasteiger partial charge in [-0.15, -0.1) is 0 Å². The molecule has 2 bridgehead atoms. The lowest BCUT2D eigenvalue weighted by Crippen LogP contribution is -2.42. The average molecular weight is 249 g/mol. The molecule has 2 fully saturated rings. The van der Waals surface area contributed by atoms with Crippen molar-refractivity contribution in [1.29, 1.82) is 0 Å². The van der Waals surface area contributed by atoms with Gasteiger partial charge < -0.3 is 4.74 Å². The molecule has 0 aromatic carbocycles. The van der Waals surface area contributed by atoms with E-state index < -0.39 is 12.2 Å². The molecule has 0 aromatic heterocycles. The fourth-order valence-corrected chi connectivity index (χ4v) is 3.69. The molecule has 18 heavy (non-hydrogen) atoms. The third-order valence-corrected chi connectivity index (χ3v) is 4.25. The summed E-state index contributed by atoms with van der Waals surface area (Å²) in [6, 6.07) is 0. The van der Waals surface area contributed by atoms with Crippen molar-refractivity contribution in [3.05, 3.63) is 12.2 Å². The van der Waals surface area contributed by atoms with Crippen LogP contribution in [0.25, 0.3) is 0 Å². The van der Waals surface area contributed by atoms with Crippen molar-refractivity contribution in [2.24, 2.45) is 23.7 Å². The van der Waals surface area contributed by atoms with Gasteiger partial charge in [0.05, 0.1) is 5.92 Å². The van der Waals surface area contributed by atoms with Crippen molar-refractivity contribution < 1.29 is 19.1 Å². The molecule has 1 saturated carbocycles. The highest BCUT2D eigenvalue weighted by Gasteiger charge is 2.61. The summed E-state index contributed by atoms with van der Waals surface area (Å²) in [4.78, 5) is 36.2. The fraction of sp³-hybridized carbons (Fsp3) is 0.615. The number of carbonyl (C=O) groups is 3. The lowest BCUT2D eigenvalue weighted by molar-refractivity contribution is -0.166. The lowest BCUT2D eigenvalue weighted by Gasteiger charge is -2.27. The molecule has 2 unspecified atom stereocenters. The SMILES string of the molecule is CC(=O)O[C@H]1C2C(C(=O)N1C(C)=O)[C@H]1C=C[C@@H]2C1. The minimum Gasteiger partial charge on any atom is -0.441 e. The zero-order chi connectivity index (χ0) is 13.0. The van der Waals surface area contributed by atoms with E-state index in [-0.39, 0.29) is 35.5 Å². The number of imide groups is 1. The van der Waals surface area contributed by atoms with E-state index in [9.17, 15) is 14.4 Å². The van der Waals surface area contributed by atoms with Crippen LogP contribution in [-0.4, -0.2) is 28.9 Å². The Balaban J connectivity index is 1.97. The first-order valence-corrected chi connectivity index (χ1v) is 6.20. The van der Waals surface area contributed by atoms with E-state index in [2.05, 4.69) is 12.2 Å². The summed E-state index contributed by atoms with van der Waals surface area (Å²) >= 11 is 0. The Morgan fingerprint density at radius 1 is 1.28 bits per heavy atom. The quantitative estimate of drug-likeness (QED) is 0.507. The fourth-order valence-electron chi connectivity index (χ4n) is 3.69. The maximum Gasteiger partial charge on any atom is 0.304 e. The van der Waals surface area contributed by atoms with Gasteiger partial charge in [-0.05, 0) is 18.3 Å². The van der Waals surface area contributed by atoms with Crippen molar-refractivity contribution in [3.8, 4) is 0 Å². The summed E-state index contributed by atoms with van der Waals surface area (Å²) in [6.07, 6.45) is 4.36. The Morgan fingerprint density at radius 2 is 1.94 bits per heavy atom. The van der Waals surface area contributed by atoms with E-state index in [0.29, 0.717) is 0 Å². The minimum atomic E-state index is -0.711. The second-order valence-corrected chi connectivity index (χ2v) is 5.28. The molecule has 2 aliphatic carbocycles. The number of amides is 2. The molecule has 5 atom stereocenters. The summed E-state index contributed by atoms with van der Waals surface area (Å²) in [7, 11) is 0. The Bertz CT molecular complexity index is 470. The molecule has 0 N–H and O–H groups in total. The summed E-state index contributed by atoms with van der Waals surface area (Å²) in [5, 5.41) is 0. The molecule has 0 radical (unpaired) electrons. The smallest absolute Gasteiger partial charge is 0.304 e. The van der Waals surface area contributed by atoms with Gasteiger partial charge >= 0.3 is 5.97 Å². The van der Waals surface area contributed by atoms with Gasteiger partial charge in [-0.2, -0.15) is 0 Å². The number of nitrogens with zero attached hydrogens (tertiary/aromatic N) is 1. The van der Waals surface area contributed by atoms with Crippen LogP contribution in [0.15, 0.2) is 12.2 Å². The predicted molar refractivity (Wildman–Crippen MR) is 60.8 cm³/mol. The third-order valence-electron chi connectivity index (χ3n) is 4.25. The van der Waals surface area contributed by atoms with Crippen molar-refractivity contribution in [2.45, 2.75) is 26.5 Å². The first-order valence-electron chi connectivity index (χ1n) is 6.20. The van der Waals surface area contributed by atoms with Crippen LogP contribution < -0.4 is 0 Å². The normalized spacial score (nSPS) is 40.2. The van der Waals surface area contributed by atoms with Gasteiger partial charge in [0.1, 0.15) is 0 Å². The van der Waals surface area contributed by atoms with E-state index in [0.717, 1.165) is 11.3 Å². The standard InChI is InChI=1S/C13H15NO4/c1-6(15)14-12(17)10-8-3-4-9(5-8)11(10)13(14)18-7(2)16/h3-4,8-11,13H,5H2,1-2H3/t8-,9+,10?,11?,13-/m0/s1. The number of rotatable bonds is 1. The second-order valence-electron chi connectivity index (χ2n) is 5.28. The average Bonchev–Trinajstić information content (AvgIpc) is 2.90. The molecule has 96 valence electrons. The van der Waals surface area contributed by atoms with Crippen molar-refractivity contribution in [1.82, 2.24) is 4.90 Å². The minimum absolute atomic E-state index is 0.0553. The molecule has 1 saturated heterocycles. The highest BCUT2D eigenvalue weighted by molar-refractivity contribution is 5.98. The summed E-state index contributed by atoms with van der Waals surface area (Å²) in [6.45, 7) is 2.64. The van der Waals surface area contributed by atoms with Crippen molar-refractivity contribution in [2.75, 3.05) is 0 Å². The summed E-state index contributed by atoms with van der Waals surface area (Å²) in [5.74, 6) is -0.775. The van der Waals surface area contributed by atoms with Gasteiger partial charge in [-0.25, -0.2) is 4.90 Å². The maximum absolute atomic E-state index is 12.3. The van der Waals surface area contributed by atoms with Crippen LogP contribution in [-0.2, 0) is 19.1 Å². The van der Waals surface area contributed by atoms with Crippen LogP contribution in [0.4, 0.5) is 0 Å². The van der Waals surface area contributed by atoms with Crippen molar-refractivity contribution >= 4 is 17.8 Å².